The minimum Gasteiger partial charge on any atom is -0.493 e. The van der Waals surface area contributed by atoms with Gasteiger partial charge in [-0.2, -0.15) is 0 Å². The Labute approximate surface area is 162 Å². The van der Waals surface area contributed by atoms with E-state index in [9.17, 15) is 14.9 Å². The molecule has 0 unspecified atom stereocenters. The molecule has 0 saturated carbocycles. The Hall–Kier alpha value is -3.61. The van der Waals surface area contributed by atoms with Gasteiger partial charge in [0, 0.05) is 6.07 Å². The molecule has 0 aliphatic rings. The van der Waals surface area contributed by atoms with Gasteiger partial charge in [-0.05, 0) is 35.4 Å². The van der Waals surface area contributed by atoms with Gasteiger partial charge in [0.25, 0.3) is 11.6 Å². The molecule has 0 aliphatic carbocycles. The van der Waals surface area contributed by atoms with Gasteiger partial charge in [0.05, 0.1) is 24.1 Å². The van der Waals surface area contributed by atoms with E-state index >= 15 is 0 Å². The van der Waals surface area contributed by atoms with Crippen molar-refractivity contribution in [3.8, 4) is 11.5 Å². The number of hydrogen-bond donors (Lipinski definition) is 1. The number of hydrogen-bond acceptors (Lipinski definition) is 5. The molecule has 0 radical (unpaired) electrons. The molecule has 0 spiro atoms. The first-order chi connectivity index (χ1) is 13.5. The van der Waals surface area contributed by atoms with Crippen molar-refractivity contribution in [3.05, 3.63) is 76.3 Å². The van der Waals surface area contributed by atoms with Gasteiger partial charge in [-0.3, -0.25) is 14.9 Å². The predicted octanol–water partition coefficient (Wildman–Crippen LogP) is 4.01. The molecular formula is C21H20N2O5. The fourth-order valence-electron chi connectivity index (χ4n) is 2.88. The summed E-state index contributed by atoms with van der Waals surface area (Å²) >= 11 is 0. The van der Waals surface area contributed by atoms with Crippen molar-refractivity contribution in [1.29, 1.82) is 0 Å². The van der Waals surface area contributed by atoms with Gasteiger partial charge in [-0.25, -0.2) is 0 Å². The summed E-state index contributed by atoms with van der Waals surface area (Å²) in [5.74, 6) is 0.125. The Bertz CT molecular complexity index is 1020. The van der Waals surface area contributed by atoms with E-state index in [0.29, 0.717) is 5.75 Å². The Morgan fingerprint density at radius 1 is 1.07 bits per heavy atom. The first-order valence-electron chi connectivity index (χ1n) is 8.71. The lowest BCUT2D eigenvalue weighted by Gasteiger charge is -2.16. The summed E-state index contributed by atoms with van der Waals surface area (Å²) in [5, 5.41) is 16.0. The number of nitro benzene ring substituents is 1. The number of amides is 1. The largest absolute Gasteiger partial charge is 0.493 e. The van der Waals surface area contributed by atoms with Crippen LogP contribution in [0.4, 0.5) is 5.69 Å². The summed E-state index contributed by atoms with van der Waals surface area (Å²) in [7, 11) is 1.43. The number of rotatable bonds is 7. The van der Waals surface area contributed by atoms with Gasteiger partial charge < -0.3 is 14.8 Å². The molecule has 1 atom stereocenters. The number of non-ortho nitro benzene ring substituents is 1. The van der Waals surface area contributed by atoms with E-state index in [0.717, 1.165) is 16.3 Å². The van der Waals surface area contributed by atoms with Gasteiger partial charge in [0.15, 0.2) is 18.1 Å². The summed E-state index contributed by atoms with van der Waals surface area (Å²) in [6, 6.07) is 17.8. The predicted molar refractivity (Wildman–Crippen MR) is 106 cm³/mol. The lowest BCUT2D eigenvalue weighted by molar-refractivity contribution is -0.385. The Kier molecular flexibility index (Phi) is 5.74. The van der Waals surface area contributed by atoms with E-state index in [1.807, 2.05) is 49.4 Å². The Balaban J connectivity index is 1.65. The highest BCUT2D eigenvalue weighted by Crippen LogP contribution is 2.31. The van der Waals surface area contributed by atoms with Crippen molar-refractivity contribution >= 4 is 22.4 Å². The summed E-state index contributed by atoms with van der Waals surface area (Å²) in [6.45, 7) is 1.60. The van der Waals surface area contributed by atoms with E-state index in [1.165, 1.54) is 25.3 Å². The normalized spacial score (nSPS) is 11.6. The lowest BCUT2D eigenvalue weighted by atomic mass is 10.0. The van der Waals surface area contributed by atoms with E-state index in [4.69, 9.17) is 9.47 Å². The van der Waals surface area contributed by atoms with Crippen LogP contribution in [0.2, 0.25) is 0 Å². The molecule has 0 saturated heterocycles. The minimum atomic E-state index is -0.534. The summed E-state index contributed by atoms with van der Waals surface area (Å²) in [6.07, 6.45) is 0. The van der Waals surface area contributed by atoms with Crippen LogP contribution in [-0.2, 0) is 4.79 Å². The van der Waals surface area contributed by atoms with E-state index in [-0.39, 0.29) is 30.0 Å². The number of methoxy groups -OCH3 is 1. The molecular weight excluding hydrogens is 360 g/mol. The summed E-state index contributed by atoms with van der Waals surface area (Å²) in [4.78, 5) is 22.7. The van der Waals surface area contributed by atoms with Crippen molar-refractivity contribution in [2.45, 2.75) is 13.0 Å². The van der Waals surface area contributed by atoms with E-state index in [1.54, 1.807) is 0 Å². The maximum Gasteiger partial charge on any atom is 0.273 e. The third-order valence-electron chi connectivity index (χ3n) is 4.37. The fraction of sp³-hybridized carbons (Fsp3) is 0.190. The number of carbonyl (C=O) groups is 1. The maximum atomic E-state index is 12.3. The molecule has 1 N–H and O–H groups in total. The van der Waals surface area contributed by atoms with Crippen molar-refractivity contribution in [3.63, 3.8) is 0 Å². The van der Waals surface area contributed by atoms with Crippen molar-refractivity contribution < 1.29 is 19.2 Å². The lowest BCUT2D eigenvalue weighted by Crippen LogP contribution is -2.31. The molecule has 28 heavy (non-hydrogen) atoms. The Morgan fingerprint density at radius 2 is 1.82 bits per heavy atom. The van der Waals surface area contributed by atoms with Crippen LogP contribution in [0.5, 0.6) is 11.5 Å². The molecule has 0 bridgehead atoms. The highest BCUT2D eigenvalue weighted by Gasteiger charge is 2.15. The number of ether oxygens (including phenoxy) is 2. The highest BCUT2D eigenvalue weighted by atomic mass is 16.6. The second-order valence-electron chi connectivity index (χ2n) is 6.28. The molecule has 0 aliphatic heterocycles. The number of nitrogens with one attached hydrogen (secondary N) is 1. The molecule has 3 aromatic rings. The van der Waals surface area contributed by atoms with Crippen molar-refractivity contribution in [1.82, 2.24) is 5.32 Å². The molecule has 3 aromatic carbocycles. The fourth-order valence-corrected chi connectivity index (χ4v) is 2.88. The van der Waals surface area contributed by atoms with Crippen LogP contribution in [0.3, 0.4) is 0 Å². The van der Waals surface area contributed by atoms with E-state index < -0.39 is 4.92 Å². The maximum absolute atomic E-state index is 12.3. The van der Waals surface area contributed by atoms with Crippen LogP contribution in [0.25, 0.3) is 10.8 Å². The first-order valence-corrected chi connectivity index (χ1v) is 8.71. The zero-order valence-corrected chi connectivity index (χ0v) is 15.5. The number of nitro groups is 1. The third-order valence-corrected chi connectivity index (χ3v) is 4.37. The van der Waals surface area contributed by atoms with Gasteiger partial charge >= 0.3 is 0 Å². The van der Waals surface area contributed by atoms with E-state index in [2.05, 4.69) is 5.32 Å². The average Bonchev–Trinajstić information content (AvgIpc) is 2.71. The number of benzene rings is 3. The van der Waals surface area contributed by atoms with Crippen LogP contribution in [0.1, 0.15) is 18.5 Å². The zero-order valence-electron chi connectivity index (χ0n) is 15.5. The van der Waals surface area contributed by atoms with Crippen LogP contribution in [-0.4, -0.2) is 24.5 Å². The zero-order chi connectivity index (χ0) is 20.1. The number of carbonyl (C=O) groups excluding carboxylic acids is 1. The van der Waals surface area contributed by atoms with Crippen molar-refractivity contribution in [2.75, 3.05) is 13.7 Å². The molecule has 0 fully saturated rings. The quantitative estimate of drug-likeness (QED) is 0.494. The SMILES string of the molecule is COc1ccc([N+](=O)[O-])cc1OCC(=O)N[C@@H](C)c1ccc2ccccc2c1. The second-order valence-corrected chi connectivity index (χ2v) is 6.28. The first kappa shape index (κ1) is 19.2. The molecule has 0 aromatic heterocycles. The topological polar surface area (TPSA) is 90.7 Å². The van der Waals surface area contributed by atoms with Crippen LogP contribution < -0.4 is 14.8 Å². The molecule has 0 heterocycles. The molecule has 3 rings (SSSR count). The summed E-state index contributed by atoms with van der Waals surface area (Å²) in [5.41, 5.74) is 0.834. The van der Waals surface area contributed by atoms with Crippen LogP contribution in [0, 0.1) is 10.1 Å². The highest BCUT2D eigenvalue weighted by molar-refractivity contribution is 5.83. The monoisotopic (exact) mass is 380 g/mol. The smallest absolute Gasteiger partial charge is 0.273 e. The van der Waals surface area contributed by atoms with Gasteiger partial charge in [0.1, 0.15) is 0 Å². The van der Waals surface area contributed by atoms with Crippen LogP contribution >= 0.6 is 0 Å². The van der Waals surface area contributed by atoms with Gasteiger partial charge in [-0.15, -0.1) is 0 Å². The molecule has 7 nitrogen and oxygen atoms in total. The third kappa shape index (κ3) is 4.37. The number of nitrogens with zero attached hydrogens (tertiary/aromatic N) is 1. The van der Waals surface area contributed by atoms with Crippen molar-refractivity contribution in [2.24, 2.45) is 0 Å². The minimum absolute atomic E-state index is 0.138. The van der Waals surface area contributed by atoms with Gasteiger partial charge in [0.2, 0.25) is 0 Å². The molecule has 1 amide bonds. The molecule has 144 valence electrons. The molecule has 7 heteroatoms. The standard InChI is InChI=1S/C21H20N2O5/c1-14(16-8-7-15-5-3-4-6-17(15)11-16)22-21(24)13-28-20-12-18(23(25)26)9-10-19(20)27-2/h3-12,14H,13H2,1-2H3,(H,22,24)/t14-/m0/s1. The summed E-state index contributed by atoms with van der Waals surface area (Å²) < 4.78 is 10.6. The average molecular weight is 380 g/mol. The van der Waals surface area contributed by atoms with Gasteiger partial charge in [-0.1, -0.05) is 36.4 Å². The van der Waals surface area contributed by atoms with Crippen LogP contribution in [0.15, 0.2) is 60.7 Å². The number of fused-ring (bicyclic) bond motifs is 1. The second kappa shape index (κ2) is 8.39. The Morgan fingerprint density at radius 3 is 2.54 bits per heavy atom.